The fraction of sp³-hybridized carbons (Fsp3) is 0.645. The third kappa shape index (κ3) is 12.3. The van der Waals surface area contributed by atoms with E-state index in [1.807, 2.05) is 0 Å². The lowest BCUT2D eigenvalue weighted by molar-refractivity contribution is -0.141. The third-order valence-electron chi connectivity index (χ3n) is 8.33. The molecule has 0 spiro atoms. The average molecular weight is 799 g/mol. The van der Waals surface area contributed by atoms with E-state index < -0.39 is 126 Å². The summed E-state index contributed by atoms with van der Waals surface area (Å²) < 4.78 is 6.12. The molecule has 292 valence electrons. The summed E-state index contributed by atoms with van der Waals surface area (Å²) in [5.74, 6) is -8.81. The van der Waals surface area contributed by atoms with Gasteiger partial charge in [-0.25, -0.2) is 4.79 Å². The predicted octanol–water partition coefficient (Wildman–Crippen LogP) is -1.87. The number of nitrogens with one attached hydrogen (secondary N) is 5. The number of alkyl halides is 2. The van der Waals surface area contributed by atoms with Crippen molar-refractivity contribution in [1.82, 2.24) is 26.6 Å². The van der Waals surface area contributed by atoms with Crippen LogP contribution in [0.1, 0.15) is 52.9 Å². The van der Waals surface area contributed by atoms with Gasteiger partial charge in [0.05, 0.1) is 12.6 Å². The number of nitrogens with two attached hydrogens (primary N) is 2. The Balaban J connectivity index is 2.63. The first-order valence-corrected chi connectivity index (χ1v) is 17.7. The first kappa shape index (κ1) is 44.6. The van der Waals surface area contributed by atoms with Gasteiger partial charge in [-0.1, -0.05) is 32.4 Å². The number of carboxylic acids is 1. The maximum atomic E-state index is 14.0. The van der Waals surface area contributed by atoms with E-state index in [2.05, 4.69) is 26.6 Å². The number of ketones is 1. The predicted molar refractivity (Wildman–Crippen MR) is 187 cm³/mol. The Kier molecular flexibility index (Phi) is 17.7. The molecular weight excluding hydrogens is 753 g/mol. The molecule has 0 radical (unpaired) electrons. The van der Waals surface area contributed by atoms with Gasteiger partial charge in [0.15, 0.2) is 5.78 Å². The zero-order valence-electron chi connectivity index (χ0n) is 28.7. The summed E-state index contributed by atoms with van der Waals surface area (Å²) in [5, 5.41) is 43.0. The van der Waals surface area contributed by atoms with E-state index in [9.17, 15) is 48.9 Å². The van der Waals surface area contributed by atoms with Gasteiger partial charge in [-0.2, -0.15) is 0 Å². The van der Waals surface area contributed by atoms with Gasteiger partial charge in [-0.3, -0.25) is 28.8 Å². The van der Waals surface area contributed by atoms with E-state index in [4.69, 9.17) is 51.0 Å². The number of amides is 5. The van der Waals surface area contributed by atoms with Crippen LogP contribution in [0.25, 0.3) is 0 Å². The van der Waals surface area contributed by atoms with Crippen molar-refractivity contribution in [1.29, 1.82) is 0 Å². The number of Topliss-reactive ketones (excluding diaryl/α,β-unsaturated/α-hetero) is 1. The molecule has 0 saturated carbocycles. The molecule has 0 saturated heterocycles. The second kappa shape index (κ2) is 20.6. The summed E-state index contributed by atoms with van der Waals surface area (Å²) in [6.45, 7) is 4.41. The van der Waals surface area contributed by atoms with E-state index >= 15 is 0 Å². The van der Waals surface area contributed by atoms with Crippen LogP contribution in [-0.2, 0) is 38.3 Å². The fourth-order valence-electron chi connectivity index (χ4n) is 5.38. The van der Waals surface area contributed by atoms with Crippen LogP contribution < -0.4 is 38.1 Å². The maximum Gasteiger partial charge on any atom is 0.326 e. The molecule has 1 aliphatic heterocycles. The molecular formula is C31H46Cl3N7O11. The Hall–Kier alpha value is -3.52. The molecule has 12 N–H and O–H groups in total. The van der Waals surface area contributed by atoms with Crippen molar-refractivity contribution in [2.75, 3.05) is 13.1 Å². The van der Waals surface area contributed by atoms with Crippen molar-refractivity contribution >= 4 is 76.1 Å². The summed E-state index contributed by atoms with van der Waals surface area (Å²) in [7, 11) is 0. The minimum Gasteiger partial charge on any atom is -0.491 e. The number of carboxylic acid groups (broad SMARTS) is 1. The SMILES string of the molecule is CC(C[C@H](NC(=O)CN)C(=O)N[C@H](C(=O)NC1C(=O)N/C(=C/Cl)C(=O)NC(C(=O)O)CC2=C(CC(O)C2=O)O[C@H]1C(C)C)[C@H](O)CCCN)C(Cl)Cl. The first-order chi connectivity index (χ1) is 24.4. The summed E-state index contributed by atoms with van der Waals surface area (Å²) in [4.78, 5) is 90.7. The number of carbonyl (C=O) groups excluding carboxylic acids is 6. The zero-order chi connectivity index (χ0) is 39.4. The highest BCUT2D eigenvalue weighted by Gasteiger charge is 2.43. The molecule has 18 nitrogen and oxygen atoms in total. The second-order valence-electron chi connectivity index (χ2n) is 12.7. The number of hydrogen-bond donors (Lipinski definition) is 10. The lowest BCUT2D eigenvalue weighted by Gasteiger charge is -2.34. The number of aliphatic carboxylic acids is 1. The molecule has 4 unspecified atom stereocenters. The fourth-order valence-corrected chi connectivity index (χ4v) is 5.74. The molecule has 2 aliphatic rings. The Morgan fingerprint density at radius 1 is 1.06 bits per heavy atom. The summed E-state index contributed by atoms with van der Waals surface area (Å²) in [6, 6.07) is -6.54. The minimum absolute atomic E-state index is 0.0994. The molecule has 0 aromatic rings. The van der Waals surface area contributed by atoms with Gasteiger partial charge in [0.25, 0.3) is 11.8 Å². The summed E-state index contributed by atoms with van der Waals surface area (Å²) in [6.07, 6.45) is -5.57. The molecule has 0 fully saturated rings. The Labute approximate surface area is 314 Å². The number of halogens is 3. The monoisotopic (exact) mass is 797 g/mol. The minimum atomic E-state index is -1.77. The van der Waals surface area contributed by atoms with Crippen LogP contribution in [0.15, 0.2) is 22.6 Å². The van der Waals surface area contributed by atoms with Crippen molar-refractivity contribution in [3.8, 4) is 0 Å². The highest BCUT2D eigenvalue weighted by molar-refractivity contribution is 6.44. The molecule has 8 atom stereocenters. The Morgan fingerprint density at radius 3 is 2.25 bits per heavy atom. The van der Waals surface area contributed by atoms with E-state index in [0.29, 0.717) is 5.54 Å². The molecule has 0 bridgehead atoms. The van der Waals surface area contributed by atoms with Crippen LogP contribution in [0, 0.1) is 11.8 Å². The van der Waals surface area contributed by atoms with Gasteiger partial charge in [-0.05, 0) is 37.6 Å². The van der Waals surface area contributed by atoms with E-state index in [0.717, 1.165) is 0 Å². The normalized spacial score (nSPS) is 24.4. The Morgan fingerprint density at radius 2 is 1.71 bits per heavy atom. The first-order valence-electron chi connectivity index (χ1n) is 16.4. The van der Waals surface area contributed by atoms with Crippen LogP contribution in [0.3, 0.4) is 0 Å². The van der Waals surface area contributed by atoms with Gasteiger partial charge in [0, 0.05) is 23.9 Å². The van der Waals surface area contributed by atoms with Crippen molar-refractivity contribution in [3.63, 3.8) is 0 Å². The highest BCUT2D eigenvalue weighted by Crippen LogP contribution is 2.31. The molecule has 0 aromatic heterocycles. The summed E-state index contributed by atoms with van der Waals surface area (Å²) >= 11 is 17.8. The van der Waals surface area contributed by atoms with Crippen molar-refractivity contribution in [2.24, 2.45) is 23.3 Å². The number of ether oxygens (including phenoxy) is 1. The molecule has 21 heteroatoms. The molecule has 1 heterocycles. The van der Waals surface area contributed by atoms with Crippen molar-refractivity contribution < 1.29 is 53.6 Å². The molecule has 2 rings (SSSR count). The summed E-state index contributed by atoms with van der Waals surface area (Å²) in [5.41, 5.74) is 10.8. The van der Waals surface area contributed by atoms with Gasteiger partial charge < -0.3 is 58.1 Å². The van der Waals surface area contributed by atoms with Gasteiger partial charge in [-0.15, -0.1) is 23.2 Å². The molecule has 52 heavy (non-hydrogen) atoms. The molecule has 5 amide bonds. The van der Waals surface area contributed by atoms with Gasteiger partial charge >= 0.3 is 5.97 Å². The lowest BCUT2D eigenvalue weighted by Crippen LogP contribution is -2.63. The van der Waals surface area contributed by atoms with Gasteiger partial charge in [0.2, 0.25) is 17.7 Å². The van der Waals surface area contributed by atoms with E-state index in [1.165, 1.54) is 0 Å². The largest absolute Gasteiger partial charge is 0.491 e. The number of aliphatic hydroxyl groups is 2. The van der Waals surface area contributed by atoms with Crippen LogP contribution in [0.5, 0.6) is 0 Å². The topological polar surface area (TPSA) is 302 Å². The number of aliphatic hydroxyl groups excluding tert-OH is 2. The average Bonchev–Trinajstić information content (AvgIpc) is 3.34. The maximum absolute atomic E-state index is 14.0. The lowest BCUT2D eigenvalue weighted by atomic mass is 9.96. The van der Waals surface area contributed by atoms with E-state index in [1.54, 1.807) is 20.8 Å². The quantitative estimate of drug-likeness (QED) is 0.0643. The van der Waals surface area contributed by atoms with Crippen LogP contribution >= 0.6 is 34.8 Å². The highest BCUT2D eigenvalue weighted by atomic mass is 35.5. The number of carbonyl (C=O) groups is 7. The smallest absolute Gasteiger partial charge is 0.326 e. The van der Waals surface area contributed by atoms with E-state index in [-0.39, 0.29) is 37.1 Å². The van der Waals surface area contributed by atoms with Crippen LogP contribution in [-0.4, -0.2) is 117 Å². The van der Waals surface area contributed by atoms with Crippen molar-refractivity contribution in [2.45, 2.75) is 100 Å². The zero-order valence-corrected chi connectivity index (χ0v) is 31.0. The van der Waals surface area contributed by atoms with Gasteiger partial charge in [0.1, 0.15) is 52.7 Å². The number of hydrogen-bond acceptors (Lipinski definition) is 12. The number of rotatable bonds is 15. The molecule has 1 aliphatic carbocycles. The van der Waals surface area contributed by atoms with Crippen LogP contribution in [0.4, 0.5) is 0 Å². The Bertz CT molecular complexity index is 1430. The second-order valence-corrected chi connectivity index (χ2v) is 14.1. The molecule has 0 aromatic carbocycles. The van der Waals surface area contributed by atoms with Crippen LogP contribution in [0.2, 0.25) is 0 Å². The standard InChI is InChI=1S/C31H46Cl3N7O11/c1-12(2)25-23(30(49)39-17(10-32)28(47)38-16(31(50)51)8-14-20(52-25)9-19(43)24(14)45)41-29(48)22(18(42)5-4-6-35)40-27(46)15(37-21(44)11-36)7-13(3)26(33)34/h10,12-13,15-16,18-19,22-23,25-26,42-43H,4-9,11,35-36H2,1-3H3,(H,37,44)(H,38,47)(H,39,49)(H,40,46)(H,41,48)(H,50,51)/b17-10+/t13?,15-,16?,18+,19?,22-,23?,25-/m0/s1. The third-order valence-corrected chi connectivity index (χ3v) is 9.41. The van der Waals surface area contributed by atoms with Crippen molar-refractivity contribution in [3.05, 3.63) is 22.6 Å².